The molecule has 148 valence electrons. The molecule has 1 N–H and O–H groups in total. The van der Waals surface area contributed by atoms with Crippen LogP contribution in [0.4, 0.5) is 9.52 Å². The number of benzene rings is 2. The molecule has 9 heteroatoms. The number of ether oxygens (including phenoxy) is 1. The number of thiazole rings is 1. The van der Waals surface area contributed by atoms with Gasteiger partial charge >= 0.3 is 0 Å². The minimum atomic E-state index is -1.09. The maximum Gasteiger partial charge on any atom is 0.255 e. The number of hydrogen-bond donors (Lipinski definition) is 1. The highest BCUT2D eigenvalue weighted by Crippen LogP contribution is 2.37. The Morgan fingerprint density at radius 1 is 1.34 bits per heavy atom. The van der Waals surface area contributed by atoms with Gasteiger partial charge in [-0.25, -0.2) is 9.37 Å². The van der Waals surface area contributed by atoms with E-state index in [1.165, 1.54) is 41.5 Å². The first-order chi connectivity index (χ1) is 14.0. The molecule has 2 aromatic carbocycles. The first-order valence-corrected chi connectivity index (χ1v) is 10.3. The Kier molecular flexibility index (Phi) is 5.33. The third kappa shape index (κ3) is 3.75. The normalized spacial score (nSPS) is 13.9. The molecule has 3 aromatic rings. The lowest BCUT2D eigenvalue weighted by atomic mass is 10.0. The van der Waals surface area contributed by atoms with Crippen molar-refractivity contribution in [1.82, 2.24) is 9.88 Å². The fourth-order valence-electron chi connectivity index (χ4n) is 3.33. The predicted molar refractivity (Wildman–Crippen MR) is 110 cm³/mol. The van der Waals surface area contributed by atoms with Gasteiger partial charge in [0.05, 0.1) is 7.11 Å². The lowest BCUT2D eigenvalue weighted by Gasteiger charge is -2.28. The van der Waals surface area contributed by atoms with Crippen molar-refractivity contribution in [2.45, 2.75) is 12.6 Å². The Hall–Kier alpha value is -2.78. The number of methoxy groups -OCH3 is 1. The molecule has 0 saturated carbocycles. The lowest BCUT2D eigenvalue weighted by molar-refractivity contribution is -0.120. The molecular weight excluding hydrogens is 461 g/mol. The van der Waals surface area contributed by atoms with Crippen molar-refractivity contribution in [1.29, 1.82) is 0 Å². The molecule has 0 spiro atoms. The number of aromatic nitrogens is 1. The van der Waals surface area contributed by atoms with Crippen molar-refractivity contribution in [2.24, 2.45) is 0 Å². The smallest absolute Gasteiger partial charge is 0.255 e. The minimum absolute atomic E-state index is 0.219. The number of carbonyl (C=O) groups excluding carboxylic acids is 2. The lowest BCUT2D eigenvalue weighted by Crippen LogP contribution is -2.37. The summed E-state index contributed by atoms with van der Waals surface area (Å²) in [5.74, 6) is -1.02. The van der Waals surface area contributed by atoms with Crippen molar-refractivity contribution in [3.63, 3.8) is 0 Å². The zero-order valence-electron chi connectivity index (χ0n) is 15.2. The van der Waals surface area contributed by atoms with Gasteiger partial charge in [-0.3, -0.25) is 14.9 Å². The summed E-state index contributed by atoms with van der Waals surface area (Å²) in [7, 11) is 1.43. The third-order valence-corrected chi connectivity index (χ3v) is 5.79. The zero-order chi connectivity index (χ0) is 20.5. The van der Waals surface area contributed by atoms with E-state index >= 15 is 0 Å². The van der Waals surface area contributed by atoms with E-state index in [0.717, 1.165) is 10.0 Å². The molecular formula is C20H15BrFN3O3S. The van der Waals surface area contributed by atoms with Crippen LogP contribution in [0, 0.1) is 5.82 Å². The Morgan fingerprint density at radius 3 is 2.90 bits per heavy atom. The summed E-state index contributed by atoms with van der Waals surface area (Å²) in [4.78, 5) is 31.8. The molecule has 29 heavy (non-hydrogen) atoms. The van der Waals surface area contributed by atoms with Gasteiger partial charge in [0.25, 0.3) is 11.8 Å². The summed E-state index contributed by atoms with van der Waals surface area (Å²) in [6.45, 7) is 0.219. The molecule has 0 fully saturated rings. The molecule has 2 amide bonds. The van der Waals surface area contributed by atoms with Crippen LogP contribution in [0.25, 0.3) is 0 Å². The molecule has 6 nitrogen and oxygen atoms in total. The van der Waals surface area contributed by atoms with E-state index in [0.29, 0.717) is 16.4 Å². The van der Waals surface area contributed by atoms with Crippen LogP contribution in [0.2, 0.25) is 0 Å². The van der Waals surface area contributed by atoms with E-state index < -0.39 is 17.8 Å². The van der Waals surface area contributed by atoms with Crippen molar-refractivity contribution in [2.75, 3.05) is 12.4 Å². The summed E-state index contributed by atoms with van der Waals surface area (Å²) in [5.41, 5.74) is 1.56. The highest BCUT2D eigenvalue weighted by molar-refractivity contribution is 9.10. The van der Waals surface area contributed by atoms with E-state index in [1.807, 2.05) is 12.1 Å². The van der Waals surface area contributed by atoms with Gasteiger partial charge in [-0.15, -0.1) is 11.3 Å². The van der Waals surface area contributed by atoms with Gasteiger partial charge in [-0.05, 0) is 35.9 Å². The maximum absolute atomic E-state index is 14.1. The summed E-state index contributed by atoms with van der Waals surface area (Å²) >= 11 is 4.62. The first-order valence-electron chi connectivity index (χ1n) is 8.61. The van der Waals surface area contributed by atoms with Crippen LogP contribution in [-0.2, 0) is 11.3 Å². The standard InChI is InChI=1S/C20H15BrFN3O3S/c1-28-16-5-4-13(22)9-15(16)17(18(26)24-20-23-6-7-29-20)25-10-11-2-3-12(21)8-14(11)19(25)27/h2-9,17H,10H2,1H3,(H,23,24,26)/t17-/m1/s1. The Bertz CT molecular complexity index is 1090. The van der Waals surface area contributed by atoms with Gasteiger partial charge in [0.15, 0.2) is 5.13 Å². The number of rotatable bonds is 5. The summed E-state index contributed by atoms with van der Waals surface area (Å²) < 4.78 is 20.2. The molecule has 0 radical (unpaired) electrons. The number of fused-ring (bicyclic) bond motifs is 1. The van der Waals surface area contributed by atoms with E-state index in [2.05, 4.69) is 26.2 Å². The highest BCUT2D eigenvalue weighted by Gasteiger charge is 2.39. The fraction of sp³-hybridized carbons (Fsp3) is 0.150. The van der Waals surface area contributed by atoms with Crippen molar-refractivity contribution < 1.29 is 18.7 Å². The number of amides is 2. The Balaban J connectivity index is 1.78. The third-order valence-electron chi connectivity index (χ3n) is 4.61. The quantitative estimate of drug-likeness (QED) is 0.593. The molecule has 2 heterocycles. The van der Waals surface area contributed by atoms with Gasteiger partial charge in [-0.1, -0.05) is 22.0 Å². The van der Waals surface area contributed by atoms with Crippen LogP contribution >= 0.6 is 27.3 Å². The van der Waals surface area contributed by atoms with Gasteiger partial charge in [0.1, 0.15) is 17.6 Å². The van der Waals surface area contributed by atoms with Gasteiger partial charge in [0, 0.05) is 33.7 Å². The Morgan fingerprint density at radius 2 is 2.17 bits per heavy atom. The van der Waals surface area contributed by atoms with Gasteiger partial charge in [0.2, 0.25) is 0 Å². The first kappa shape index (κ1) is 19.5. The van der Waals surface area contributed by atoms with Gasteiger partial charge in [-0.2, -0.15) is 0 Å². The maximum atomic E-state index is 14.1. The van der Waals surface area contributed by atoms with Crippen molar-refractivity contribution in [3.8, 4) is 5.75 Å². The molecule has 1 aliphatic heterocycles. The van der Waals surface area contributed by atoms with Crippen LogP contribution in [0.5, 0.6) is 5.75 Å². The van der Waals surface area contributed by atoms with E-state index in [4.69, 9.17) is 4.74 Å². The second-order valence-corrected chi connectivity index (χ2v) is 8.16. The number of nitrogens with zero attached hydrogens (tertiary/aromatic N) is 2. The van der Waals surface area contributed by atoms with E-state index in [9.17, 15) is 14.0 Å². The zero-order valence-corrected chi connectivity index (χ0v) is 17.6. The SMILES string of the molecule is COc1ccc(F)cc1[C@H](C(=O)Nc1nccs1)N1Cc2ccc(Br)cc2C1=O. The average molecular weight is 476 g/mol. The van der Waals surface area contributed by atoms with Crippen LogP contribution in [0.15, 0.2) is 52.4 Å². The number of nitrogens with one attached hydrogen (secondary N) is 1. The molecule has 0 aliphatic carbocycles. The molecule has 1 atom stereocenters. The fourth-order valence-corrected chi connectivity index (χ4v) is 4.23. The van der Waals surface area contributed by atoms with Crippen molar-refractivity contribution in [3.05, 3.63) is 75.0 Å². The second-order valence-electron chi connectivity index (χ2n) is 6.35. The van der Waals surface area contributed by atoms with Crippen LogP contribution in [0.1, 0.15) is 27.5 Å². The molecule has 1 aromatic heterocycles. The summed E-state index contributed by atoms with van der Waals surface area (Å²) in [5, 5.41) is 4.83. The largest absolute Gasteiger partial charge is 0.496 e. The highest BCUT2D eigenvalue weighted by atomic mass is 79.9. The van der Waals surface area contributed by atoms with E-state index in [-0.39, 0.29) is 18.0 Å². The molecule has 0 unspecified atom stereocenters. The average Bonchev–Trinajstić information content (AvgIpc) is 3.31. The predicted octanol–water partition coefficient (Wildman–Crippen LogP) is 4.39. The summed E-state index contributed by atoms with van der Waals surface area (Å²) in [6.07, 6.45) is 1.56. The topological polar surface area (TPSA) is 71.5 Å². The number of halogens is 2. The van der Waals surface area contributed by atoms with Gasteiger partial charge < -0.3 is 9.64 Å². The van der Waals surface area contributed by atoms with Crippen molar-refractivity contribution >= 4 is 44.2 Å². The van der Waals surface area contributed by atoms with Crippen LogP contribution in [0.3, 0.4) is 0 Å². The molecule has 0 saturated heterocycles. The number of carbonyl (C=O) groups is 2. The summed E-state index contributed by atoms with van der Waals surface area (Å²) in [6, 6.07) is 8.20. The van der Waals surface area contributed by atoms with Crippen LogP contribution in [-0.4, -0.2) is 28.8 Å². The molecule has 1 aliphatic rings. The monoisotopic (exact) mass is 475 g/mol. The number of hydrogen-bond acceptors (Lipinski definition) is 5. The molecule has 0 bridgehead atoms. The second kappa shape index (κ2) is 7.92. The Labute approximate surface area is 178 Å². The minimum Gasteiger partial charge on any atom is -0.496 e. The van der Waals surface area contributed by atoms with Crippen LogP contribution < -0.4 is 10.1 Å². The van der Waals surface area contributed by atoms with E-state index in [1.54, 1.807) is 17.6 Å². The molecule has 4 rings (SSSR count). The number of anilines is 1.